The molecule has 2 bridgehead atoms. The van der Waals surface area contributed by atoms with Crippen LogP contribution >= 0.6 is 0 Å². The van der Waals surface area contributed by atoms with Crippen LogP contribution in [0.15, 0.2) is 0 Å². The van der Waals surface area contributed by atoms with Crippen molar-refractivity contribution in [2.24, 2.45) is 5.92 Å². The summed E-state index contributed by atoms with van der Waals surface area (Å²) in [5.74, 6) is 0.187. The van der Waals surface area contributed by atoms with Gasteiger partial charge < -0.3 is 15.3 Å². The topological polar surface area (TPSA) is 52.6 Å². The van der Waals surface area contributed by atoms with E-state index in [1.165, 1.54) is 32.5 Å². The Morgan fingerprint density at radius 1 is 1.31 bits per heavy atom. The van der Waals surface area contributed by atoms with E-state index in [0.717, 1.165) is 25.3 Å². The van der Waals surface area contributed by atoms with Crippen LogP contribution < -0.4 is 5.32 Å². The molecule has 3 heterocycles. The zero-order chi connectivity index (χ0) is 11.4. The van der Waals surface area contributed by atoms with Crippen LogP contribution in [0.1, 0.15) is 32.1 Å². The van der Waals surface area contributed by atoms with Gasteiger partial charge in [0.05, 0.1) is 0 Å². The SMILES string of the molecule is O=C(O)CCCCNC1CN2CCC1CC2. The van der Waals surface area contributed by atoms with E-state index >= 15 is 0 Å². The molecule has 3 aliphatic heterocycles. The number of piperidine rings is 3. The molecule has 0 aromatic carbocycles. The zero-order valence-corrected chi connectivity index (χ0v) is 9.82. The van der Waals surface area contributed by atoms with E-state index in [-0.39, 0.29) is 0 Å². The highest BCUT2D eigenvalue weighted by atomic mass is 16.4. The van der Waals surface area contributed by atoms with Crippen molar-refractivity contribution < 1.29 is 9.90 Å². The molecule has 0 aliphatic carbocycles. The number of nitrogens with zero attached hydrogens (tertiary/aromatic N) is 1. The normalized spacial score (nSPS) is 32.9. The number of hydrogen-bond donors (Lipinski definition) is 2. The van der Waals surface area contributed by atoms with Crippen molar-refractivity contribution in [3.8, 4) is 0 Å². The number of rotatable bonds is 6. The Bertz CT molecular complexity index is 237. The van der Waals surface area contributed by atoms with E-state index in [4.69, 9.17) is 5.11 Å². The summed E-state index contributed by atoms with van der Waals surface area (Å²) in [5, 5.41) is 12.1. The van der Waals surface area contributed by atoms with Crippen LogP contribution in [0.25, 0.3) is 0 Å². The summed E-state index contributed by atoms with van der Waals surface area (Å²) in [6, 6.07) is 0.660. The molecule has 4 heteroatoms. The quantitative estimate of drug-likeness (QED) is 0.661. The molecule has 0 saturated carbocycles. The Kier molecular flexibility index (Phi) is 4.18. The first kappa shape index (κ1) is 11.9. The maximum absolute atomic E-state index is 10.3. The molecule has 0 spiro atoms. The summed E-state index contributed by atoms with van der Waals surface area (Å²) in [6.45, 7) is 4.73. The molecule has 2 N–H and O–H groups in total. The van der Waals surface area contributed by atoms with Crippen molar-refractivity contribution in [2.75, 3.05) is 26.2 Å². The van der Waals surface area contributed by atoms with E-state index in [0.29, 0.717) is 12.5 Å². The monoisotopic (exact) mass is 226 g/mol. The Labute approximate surface area is 97.0 Å². The minimum atomic E-state index is -0.678. The van der Waals surface area contributed by atoms with Gasteiger partial charge in [-0.25, -0.2) is 0 Å². The molecule has 0 amide bonds. The first-order chi connectivity index (χ1) is 7.75. The van der Waals surface area contributed by atoms with Gasteiger partial charge in [-0.15, -0.1) is 0 Å². The fourth-order valence-corrected chi connectivity index (χ4v) is 2.89. The molecule has 3 aliphatic rings. The Morgan fingerprint density at radius 2 is 2.06 bits per heavy atom. The first-order valence-electron chi connectivity index (χ1n) is 6.43. The average molecular weight is 226 g/mol. The van der Waals surface area contributed by atoms with Crippen LogP contribution in [-0.4, -0.2) is 48.2 Å². The zero-order valence-electron chi connectivity index (χ0n) is 9.82. The summed E-state index contributed by atoms with van der Waals surface area (Å²) in [5.41, 5.74) is 0. The lowest BCUT2D eigenvalue weighted by atomic mass is 9.84. The third-order valence-corrected chi connectivity index (χ3v) is 3.88. The highest BCUT2D eigenvalue weighted by molar-refractivity contribution is 5.66. The van der Waals surface area contributed by atoms with Gasteiger partial charge in [0.25, 0.3) is 0 Å². The number of unbranched alkanes of at least 4 members (excludes halogenated alkanes) is 1. The number of fused-ring (bicyclic) bond motifs is 3. The van der Waals surface area contributed by atoms with Crippen molar-refractivity contribution in [1.29, 1.82) is 0 Å². The van der Waals surface area contributed by atoms with Crippen molar-refractivity contribution in [2.45, 2.75) is 38.1 Å². The molecule has 0 aromatic heterocycles. The number of carbonyl (C=O) groups is 1. The molecular formula is C12H22N2O2. The molecular weight excluding hydrogens is 204 g/mol. The Balaban J connectivity index is 1.58. The number of nitrogens with one attached hydrogen (secondary N) is 1. The van der Waals surface area contributed by atoms with Gasteiger partial charge in [-0.2, -0.15) is 0 Å². The van der Waals surface area contributed by atoms with Gasteiger partial charge in [-0.1, -0.05) is 0 Å². The van der Waals surface area contributed by atoms with E-state index in [1.54, 1.807) is 0 Å². The van der Waals surface area contributed by atoms with E-state index in [2.05, 4.69) is 10.2 Å². The molecule has 3 rings (SSSR count). The number of hydrogen-bond acceptors (Lipinski definition) is 3. The molecule has 92 valence electrons. The van der Waals surface area contributed by atoms with Gasteiger partial charge in [0.2, 0.25) is 0 Å². The van der Waals surface area contributed by atoms with E-state index < -0.39 is 5.97 Å². The fourth-order valence-electron chi connectivity index (χ4n) is 2.89. The van der Waals surface area contributed by atoms with Crippen LogP contribution in [-0.2, 0) is 4.79 Å². The molecule has 3 saturated heterocycles. The van der Waals surface area contributed by atoms with Crippen molar-refractivity contribution in [3.05, 3.63) is 0 Å². The molecule has 1 atom stereocenters. The second-order valence-electron chi connectivity index (χ2n) is 5.05. The van der Waals surface area contributed by atoms with Gasteiger partial charge in [0.1, 0.15) is 0 Å². The minimum absolute atomic E-state index is 0.307. The molecule has 4 nitrogen and oxygen atoms in total. The summed E-state index contributed by atoms with van der Waals surface area (Å²) in [4.78, 5) is 12.9. The lowest BCUT2D eigenvalue weighted by Crippen LogP contribution is -2.56. The standard InChI is InChI=1S/C12H22N2O2/c15-12(16)3-1-2-6-13-11-9-14-7-4-10(11)5-8-14/h10-11,13H,1-9H2,(H,15,16). The van der Waals surface area contributed by atoms with Crippen molar-refractivity contribution >= 4 is 5.97 Å². The molecule has 3 fully saturated rings. The predicted molar refractivity (Wildman–Crippen MR) is 62.4 cm³/mol. The number of carboxylic acid groups (broad SMARTS) is 1. The van der Waals surface area contributed by atoms with Crippen molar-refractivity contribution in [1.82, 2.24) is 10.2 Å². The van der Waals surface area contributed by atoms with Gasteiger partial charge in [-0.3, -0.25) is 4.79 Å². The van der Waals surface area contributed by atoms with Gasteiger partial charge in [0.15, 0.2) is 0 Å². The highest BCUT2D eigenvalue weighted by Gasteiger charge is 2.33. The van der Waals surface area contributed by atoms with Crippen LogP contribution in [0.2, 0.25) is 0 Å². The summed E-state index contributed by atoms with van der Waals surface area (Å²) < 4.78 is 0. The van der Waals surface area contributed by atoms with Gasteiger partial charge in [-0.05, 0) is 51.2 Å². The lowest BCUT2D eigenvalue weighted by Gasteiger charge is -2.45. The third-order valence-electron chi connectivity index (χ3n) is 3.88. The molecule has 0 aromatic rings. The van der Waals surface area contributed by atoms with Crippen LogP contribution in [0.4, 0.5) is 0 Å². The van der Waals surface area contributed by atoms with E-state index in [9.17, 15) is 4.79 Å². The average Bonchev–Trinajstić information content (AvgIpc) is 2.30. The molecule has 0 radical (unpaired) electrons. The predicted octanol–water partition coefficient (Wildman–Crippen LogP) is 0.925. The number of carboxylic acids is 1. The maximum atomic E-state index is 10.3. The molecule has 1 unspecified atom stereocenters. The Morgan fingerprint density at radius 3 is 2.62 bits per heavy atom. The van der Waals surface area contributed by atoms with Crippen molar-refractivity contribution in [3.63, 3.8) is 0 Å². The highest BCUT2D eigenvalue weighted by Crippen LogP contribution is 2.27. The van der Waals surface area contributed by atoms with Crippen LogP contribution in [0.3, 0.4) is 0 Å². The van der Waals surface area contributed by atoms with Gasteiger partial charge >= 0.3 is 5.97 Å². The number of aliphatic carboxylic acids is 1. The summed E-state index contributed by atoms with van der Waals surface area (Å²) in [7, 11) is 0. The lowest BCUT2D eigenvalue weighted by molar-refractivity contribution is -0.137. The summed E-state index contributed by atoms with van der Waals surface area (Å²) in [6.07, 6.45) is 4.76. The van der Waals surface area contributed by atoms with Crippen LogP contribution in [0.5, 0.6) is 0 Å². The smallest absolute Gasteiger partial charge is 0.303 e. The summed E-state index contributed by atoms with van der Waals surface area (Å²) >= 11 is 0. The van der Waals surface area contributed by atoms with Gasteiger partial charge in [0, 0.05) is 19.0 Å². The second-order valence-corrected chi connectivity index (χ2v) is 5.05. The fraction of sp³-hybridized carbons (Fsp3) is 0.917. The third kappa shape index (κ3) is 3.19. The van der Waals surface area contributed by atoms with Crippen LogP contribution in [0, 0.1) is 5.92 Å². The molecule has 16 heavy (non-hydrogen) atoms. The Hall–Kier alpha value is -0.610. The van der Waals surface area contributed by atoms with E-state index in [1.807, 2.05) is 0 Å². The largest absolute Gasteiger partial charge is 0.481 e. The first-order valence-corrected chi connectivity index (χ1v) is 6.43. The maximum Gasteiger partial charge on any atom is 0.303 e. The minimum Gasteiger partial charge on any atom is -0.481 e. The second kappa shape index (κ2) is 5.64.